The van der Waals surface area contributed by atoms with Crippen molar-refractivity contribution in [2.75, 3.05) is 18.6 Å². The fourth-order valence-corrected chi connectivity index (χ4v) is 2.87. The van der Waals surface area contributed by atoms with Crippen LogP contribution in [0.5, 0.6) is 0 Å². The van der Waals surface area contributed by atoms with E-state index in [9.17, 15) is 4.79 Å². The van der Waals surface area contributed by atoms with E-state index in [1.807, 2.05) is 0 Å². The monoisotopic (exact) mass is 302 g/mol. The molecule has 2 rings (SSSR count). The molecule has 1 aliphatic rings. The highest BCUT2D eigenvalue weighted by Gasteiger charge is 2.27. The number of aromatic nitrogens is 1. The van der Waals surface area contributed by atoms with E-state index in [1.54, 1.807) is 12.3 Å². The quantitative estimate of drug-likeness (QED) is 0.803. The Kier molecular flexibility index (Phi) is 4.88. The molecule has 6 heteroatoms. The SMILES string of the molecule is COC(=O)CC1CCCCN1c1ncc(Cl)cc1Cl. The second-order valence-electron chi connectivity index (χ2n) is 4.58. The number of esters is 1. The number of hydrogen-bond donors (Lipinski definition) is 0. The van der Waals surface area contributed by atoms with Crippen LogP contribution >= 0.6 is 23.2 Å². The molecule has 0 bridgehead atoms. The lowest BCUT2D eigenvalue weighted by molar-refractivity contribution is -0.141. The summed E-state index contributed by atoms with van der Waals surface area (Å²) in [5, 5.41) is 1.03. The first-order valence-electron chi connectivity index (χ1n) is 6.26. The van der Waals surface area contributed by atoms with Gasteiger partial charge in [-0.1, -0.05) is 23.2 Å². The topological polar surface area (TPSA) is 42.4 Å². The van der Waals surface area contributed by atoms with Gasteiger partial charge in [-0.25, -0.2) is 4.98 Å². The van der Waals surface area contributed by atoms with E-state index in [2.05, 4.69) is 9.88 Å². The van der Waals surface area contributed by atoms with Crippen molar-refractivity contribution in [2.45, 2.75) is 31.7 Å². The van der Waals surface area contributed by atoms with Crippen molar-refractivity contribution >= 4 is 35.0 Å². The van der Waals surface area contributed by atoms with Crippen LogP contribution in [0.2, 0.25) is 10.0 Å². The van der Waals surface area contributed by atoms with Crippen molar-refractivity contribution in [3.63, 3.8) is 0 Å². The van der Waals surface area contributed by atoms with E-state index in [4.69, 9.17) is 27.9 Å². The average Bonchev–Trinajstić information content (AvgIpc) is 2.40. The van der Waals surface area contributed by atoms with Gasteiger partial charge in [-0.2, -0.15) is 0 Å². The summed E-state index contributed by atoms with van der Waals surface area (Å²) in [6, 6.07) is 1.77. The fraction of sp³-hybridized carbons (Fsp3) is 0.538. The minimum atomic E-state index is -0.206. The van der Waals surface area contributed by atoms with Gasteiger partial charge in [-0.15, -0.1) is 0 Å². The van der Waals surface area contributed by atoms with Crippen molar-refractivity contribution in [3.05, 3.63) is 22.3 Å². The number of methoxy groups -OCH3 is 1. The lowest BCUT2D eigenvalue weighted by atomic mass is 9.99. The van der Waals surface area contributed by atoms with Gasteiger partial charge in [0, 0.05) is 18.8 Å². The van der Waals surface area contributed by atoms with Gasteiger partial charge in [0.1, 0.15) is 5.82 Å². The Bertz CT molecular complexity index is 468. The van der Waals surface area contributed by atoms with Crippen LogP contribution in [-0.4, -0.2) is 30.6 Å². The molecular weight excluding hydrogens is 287 g/mol. The van der Waals surface area contributed by atoms with E-state index in [-0.39, 0.29) is 12.0 Å². The number of rotatable bonds is 3. The van der Waals surface area contributed by atoms with Crippen LogP contribution in [0.3, 0.4) is 0 Å². The fourth-order valence-electron chi connectivity index (χ4n) is 2.39. The number of nitrogens with zero attached hydrogens (tertiary/aromatic N) is 2. The minimum absolute atomic E-state index is 0.0902. The predicted molar refractivity (Wildman–Crippen MR) is 75.9 cm³/mol. The maximum Gasteiger partial charge on any atom is 0.307 e. The van der Waals surface area contributed by atoms with E-state index < -0.39 is 0 Å². The lowest BCUT2D eigenvalue weighted by Crippen LogP contribution is -2.41. The first-order chi connectivity index (χ1) is 9.11. The molecule has 2 heterocycles. The highest BCUT2D eigenvalue weighted by atomic mass is 35.5. The molecule has 0 aromatic carbocycles. The summed E-state index contributed by atoms with van der Waals surface area (Å²) in [6.07, 6.45) is 5.04. The van der Waals surface area contributed by atoms with Crippen molar-refractivity contribution in [2.24, 2.45) is 0 Å². The van der Waals surface area contributed by atoms with Crippen molar-refractivity contribution in [3.8, 4) is 0 Å². The standard InChI is InChI=1S/C13H16Cl2N2O2/c1-19-12(18)7-10-4-2-3-5-17(10)13-11(15)6-9(14)8-16-13/h6,8,10H,2-5,7H2,1H3. The lowest BCUT2D eigenvalue weighted by Gasteiger charge is -2.36. The zero-order valence-electron chi connectivity index (χ0n) is 10.7. The Morgan fingerprint density at radius 3 is 3.00 bits per heavy atom. The zero-order chi connectivity index (χ0) is 13.8. The molecule has 0 radical (unpaired) electrons. The first-order valence-corrected chi connectivity index (χ1v) is 7.02. The Hall–Kier alpha value is -1.000. The maximum atomic E-state index is 11.5. The number of carbonyl (C=O) groups is 1. The van der Waals surface area contributed by atoms with Crippen LogP contribution in [0, 0.1) is 0 Å². The van der Waals surface area contributed by atoms with Gasteiger partial charge in [0.15, 0.2) is 0 Å². The van der Waals surface area contributed by atoms with E-state index in [1.165, 1.54) is 7.11 Å². The van der Waals surface area contributed by atoms with Gasteiger partial charge in [0.2, 0.25) is 0 Å². The molecule has 104 valence electrons. The molecule has 4 nitrogen and oxygen atoms in total. The molecule has 1 atom stereocenters. The van der Waals surface area contributed by atoms with Gasteiger partial charge in [-0.3, -0.25) is 4.79 Å². The van der Waals surface area contributed by atoms with Crippen LogP contribution in [0.4, 0.5) is 5.82 Å². The van der Waals surface area contributed by atoms with Gasteiger partial charge in [0.25, 0.3) is 0 Å². The number of piperidine rings is 1. The predicted octanol–water partition coefficient (Wildman–Crippen LogP) is 3.31. The summed E-state index contributed by atoms with van der Waals surface area (Å²) in [6.45, 7) is 0.843. The second kappa shape index (κ2) is 6.44. The number of halogens is 2. The molecular formula is C13H16Cl2N2O2. The normalized spacial score (nSPS) is 19.3. The highest BCUT2D eigenvalue weighted by molar-refractivity contribution is 6.36. The molecule has 0 aliphatic carbocycles. The van der Waals surface area contributed by atoms with E-state index in [0.717, 1.165) is 25.8 Å². The van der Waals surface area contributed by atoms with Crippen molar-refractivity contribution in [1.29, 1.82) is 0 Å². The molecule has 0 amide bonds. The third-order valence-corrected chi connectivity index (χ3v) is 3.80. The molecule has 19 heavy (non-hydrogen) atoms. The van der Waals surface area contributed by atoms with Crippen molar-refractivity contribution < 1.29 is 9.53 Å². The maximum absolute atomic E-state index is 11.5. The summed E-state index contributed by atoms with van der Waals surface area (Å²) < 4.78 is 4.75. The van der Waals surface area contributed by atoms with Gasteiger partial charge >= 0.3 is 5.97 Å². The summed E-state index contributed by atoms with van der Waals surface area (Å²) >= 11 is 12.1. The minimum Gasteiger partial charge on any atom is -0.469 e. The van der Waals surface area contributed by atoms with Crippen LogP contribution in [0.25, 0.3) is 0 Å². The molecule has 1 aromatic heterocycles. The third kappa shape index (κ3) is 3.51. The summed E-state index contributed by atoms with van der Waals surface area (Å²) in [4.78, 5) is 17.8. The number of carbonyl (C=O) groups excluding carboxylic acids is 1. The van der Waals surface area contributed by atoms with Gasteiger partial charge < -0.3 is 9.64 Å². The Balaban J connectivity index is 2.21. The van der Waals surface area contributed by atoms with Crippen molar-refractivity contribution in [1.82, 2.24) is 4.98 Å². The number of anilines is 1. The third-order valence-electron chi connectivity index (χ3n) is 3.32. The van der Waals surface area contributed by atoms with E-state index >= 15 is 0 Å². The number of hydrogen-bond acceptors (Lipinski definition) is 4. The molecule has 1 saturated heterocycles. The Morgan fingerprint density at radius 1 is 1.53 bits per heavy atom. The summed E-state index contributed by atoms with van der Waals surface area (Å²) in [5.74, 6) is 0.488. The number of pyridine rings is 1. The molecule has 1 fully saturated rings. The second-order valence-corrected chi connectivity index (χ2v) is 5.43. The number of ether oxygens (including phenoxy) is 1. The van der Waals surface area contributed by atoms with Crippen LogP contribution in [0.1, 0.15) is 25.7 Å². The smallest absolute Gasteiger partial charge is 0.307 e. The zero-order valence-corrected chi connectivity index (χ0v) is 12.2. The highest BCUT2D eigenvalue weighted by Crippen LogP contribution is 2.31. The first kappa shape index (κ1) is 14.4. The Morgan fingerprint density at radius 2 is 2.32 bits per heavy atom. The molecule has 0 N–H and O–H groups in total. The largest absolute Gasteiger partial charge is 0.469 e. The summed E-state index contributed by atoms with van der Waals surface area (Å²) in [5.41, 5.74) is 0. The molecule has 1 unspecified atom stereocenters. The molecule has 1 aliphatic heterocycles. The molecule has 0 spiro atoms. The molecule has 0 saturated carbocycles. The van der Waals surface area contributed by atoms with Crippen LogP contribution in [-0.2, 0) is 9.53 Å². The Labute approximate surface area is 122 Å². The average molecular weight is 303 g/mol. The van der Waals surface area contributed by atoms with Crippen LogP contribution in [0.15, 0.2) is 12.3 Å². The van der Waals surface area contributed by atoms with Crippen LogP contribution < -0.4 is 4.90 Å². The summed E-state index contributed by atoms with van der Waals surface area (Å²) in [7, 11) is 1.41. The molecule has 1 aromatic rings. The van der Waals surface area contributed by atoms with E-state index in [0.29, 0.717) is 22.3 Å². The van der Waals surface area contributed by atoms with Gasteiger partial charge in [0.05, 0.1) is 23.6 Å². The van der Waals surface area contributed by atoms with Gasteiger partial charge in [-0.05, 0) is 25.3 Å².